The highest BCUT2D eigenvalue weighted by molar-refractivity contribution is 8.02. The van der Waals surface area contributed by atoms with Crippen molar-refractivity contribution in [1.82, 2.24) is 0 Å². The first-order valence-corrected chi connectivity index (χ1v) is 7.25. The summed E-state index contributed by atoms with van der Waals surface area (Å²) in [6.07, 6.45) is 0. The molecule has 104 valence electrons. The Labute approximate surface area is 104 Å². The fraction of sp³-hybridized carbons (Fsp3) is 0.125. The van der Waals surface area contributed by atoms with E-state index in [1.807, 2.05) is 12.9 Å². The van der Waals surface area contributed by atoms with Crippen LogP contribution < -0.4 is 0 Å². The monoisotopic (exact) mass is 300 g/mol. The van der Waals surface area contributed by atoms with E-state index in [-0.39, 0.29) is 0 Å². The molecule has 0 fully saturated rings. The van der Waals surface area contributed by atoms with E-state index in [9.17, 15) is 16.8 Å². The summed E-state index contributed by atoms with van der Waals surface area (Å²) in [5, 5.41) is 6.98. The van der Waals surface area contributed by atoms with Gasteiger partial charge < -0.3 is 9.90 Å². The van der Waals surface area contributed by atoms with Crippen LogP contribution in [0, 0.1) is 0 Å². The quantitative estimate of drug-likeness (QED) is 0.643. The first-order valence-electron chi connectivity index (χ1n) is 4.03. The average Bonchev–Trinajstić information content (AvgIpc) is 2.17. The van der Waals surface area contributed by atoms with E-state index in [1.165, 1.54) is 0 Å². The Bertz CT molecular complexity index is 489. The molecular formula is C8H12O8S2. The molecule has 1 aromatic carbocycles. The third-order valence-corrected chi connectivity index (χ3v) is 3.44. The van der Waals surface area contributed by atoms with Crippen LogP contribution in [0.25, 0.3) is 0 Å². The summed E-state index contributed by atoms with van der Waals surface area (Å²) in [6, 6.07) is 8.71. The first-order chi connectivity index (χ1) is 8.10. The summed E-state index contributed by atoms with van der Waals surface area (Å²) in [5.74, 6) is 0.322. The van der Waals surface area contributed by atoms with Crippen molar-refractivity contribution < 1.29 is 35.8 Å². The zero-order valence-electron chi connectivity index (χ0n) is 9.00. The highest BCUT2D eigenvalue weighted by Crippen LogP contribution is 2.02. The number of hydrogen-bond acceptors (Lipinski definition) is 6. The van der Waals surface area contributed by atoms with Crippen LogP contribution in [-0.2, 0) is 25.0 Å². The number of aromatic hydroxyl groups is 1. The second kappa shape index (κ2) is 8.58. The molecule has 0 heterocycles. The summed E-state index contributed by atoms with van der Waals surface area (Å²) in [4.78, 5) is 8.00. The minimum absolute atomic E-state index is 0.322. The van der Waals surface area contributed by atoms with Gasteiger partial charge in [-0.15, -0.1) is 0 Å². The second-order valence-corrected chi connectivity index (χ2v) is 5.89. The first kappa shape index (κ1) is 18.9. The normalized spacial score (nSPS) is 10.3. The standard InChI is InChI=1S/C6H6O.CH4O6S2.CH2O/c7-6-4-2-1-3-5-6;2-8(3,4)1-9(5,6)7;1-2/h1-5,7H;1H2,(H,2,3,4)(H,5,6,7);1H2. The van der Waals surface area contributed by atoms with Gasteiger partial charge in [0.25, 0.3) is 20.2 Å². The van der Waals surface area contributed by atoms with Gasteiger partial charge in [-0.3, -0.25) is 9.11 Å². The van der Waals surface area contributed by atoms with Gasteiger partial charge in [-0.25, -0.2) is 0 Å². The average molecular weight is 300 g/mol. The molecule has 3 N–H and O–H groups in total. The van der Waals surface area contributed by atoms with Gasteiger partial charge >= 0.3 is 0 Å². The molecule has 0 aliphatic rings. The summed E-state index contributed by atoms with van der Waals surface area (Å²) in [6.45, 7) is 2.00. The fourth-order valence-electron chi connectivity index (χ4n) is 0.616. The zero-order chi connectivity index (χ0) is 14.8. The molecule has 0 saturated heterocycles. The van der Waals surface area contributed by atoms with Gasteiger partial charge in [0.1, 0.15) is 12.5 Å². The van der Waals surface area contributed by atoms with Gasteiger partial charge in [-0.1, -0.05) is 18.2 Å². The lowest BCUT2D eigenvalue weighted by Crippen LogP contribution is -2.13. The maximum absolute atomic E-state index is 9.66. The van der Waals surface area contributed by atoms with Crippen LogP contribution in [0.3, 0.4) is 0 Å². The molecule has 0 spiro atoms. The van der Waals surface area contributed by atoms with Crippen molar-refractivity contribution in [3.63, 3.8) is 0 Å². The molecule has 0 radical (unpaired) electrons. The van der Waals surface area contributed by atoms with Gasteiger partial charge in [-0.2, -0.15) is 16.8 Å². The van der Waals surface area contributed by atoms with E-state index in [0.29, 0.717) is 5.75 Å². The molecule has 1 rings (SSSR count). The highest BCUT2D eigenvalue weighted by atomic mass is 32.3. The topological polar surface area (TPSA) is 146 Å². The minimum Gasteiger partial charge on any atom is -0.508 e. The molecule has 18 heavy (non-hydrogen) atoms. The van der Waals surface area contributed by atoms with E-state index in [1.54, 1.807) is 24.3 Å². The Kier molecular flexibility index (Phi) is 8.99. The van der Waals surface area contributed by atoms with Crippen molar-refractivity contribution in [2.45, 2.75) is 0 Å². The van der Waals surface area contributed by atoms with Crippen molar-refractivity contribution >= 4 is 27.0 Å². The number of para-hydroxylation sites is 1. The lowest BCUT2D eigenvalue weighted by atomic mass is 10.3. The van der Waals surface area contributed by atoms with Crippen LogP contribution >= 0.6 is 0 Å². The largest absolute Gasteiger partial charge is 0.508 e. The molecule has 1 aromatic rings. The predicted octanol–water partition coefficient (Wildman–Crippen LogP) is -0.0732. The molecule has 8 nitrogen and oxygen atoms in total. The SMILES string of the molecule is C=O.O=S(=O)(O)CS(=O)(=O)O.Oc1ccccc1. The van der Waals surface area contributed by atoms with E-state index in [2.05, 4.69) is 0 Å². The van der Waals surface area contributed by atoms with Gasteiger partial charge in [0, 0.05) is 0 Å². The molecule has 0 aliphatic carbocycles. The summed E-state index contributed by atoms with van der Waals surface area (Å²) in [7, 11) is -9.24. The third kappa shape index (κ3) is 16.9. The molecule has 0 atom stereocenters. The van der Waals surface area contributed by atoms with Crippen molar-refractivity contribution in [2.24, 2.45) is 0 Å². The molecular weight excluding hydrogens is 288 g/mol. The summed E-state index contributed by atoms with van der Waals surface area (Å²) >= 11 is 0. The molecule has 0 bridgehead atoms. The maximum atomic E-state index is 9.66. The van der Waals surface area contributed by atoms with Crippen molar-refractivity contribution in [3.05, 3.63) is 30.3 Å². The van der Waals surface area contributed by atoms with Gasteiger partial charge in [0.2, 0.25) is 5.08 Å². The van der Waals surface area contributed by atoms with Crippen molar-refractivity contribution in [3.8, 4) is 5.75 Å². The Morgan fingerprint density at radius 3 is 1.33 bits per heavy atom. The van der Waals surface area contributed by atoms with Crippen LogP contribution in [0.5, 0.6) is 5.75 Å². The molecule has 10 heteroatoms. The fourth-order valence-corrected chi connectivity index (χ4v) is 2.12. The Hall–Kier alpha value is -1.49. The van der Waals surface area contributed by atoms with Gasteiger partial charge in [0.15, 0.2) is 0 Å². The lowest BCUT2D eigenvalue weighted by Gasteiger charge is -1.89. The number of phenols is 1. The minimum atomic E-state index is -4.62. The van der Waals surface area contributed by atoms with Crippen LogP contribution in [-0.4, -0.2) is 42.9 Å². The highest BCUT2D eigenvalue weighted by Gasteiger charge is 2.15. The lowest BCUT2D eigenvalue weighted by molar-refractivity contribution is -0.0980. The number of carbonyl (C=O) groups is 1. The van der Waals surface area contributed by atoms with Crippen LogP contribution in [0.15, 0.2) is 30.3 Å². The smallest absolute Gasteiger partial charge is 0.281 e. The molecule has 0 unspecified atom stereocenters. The van der Waals surface area contributed by atoms with Gasteiger partial charge in [-0.05, 0) is 12.1 Å². The maximum Gasteiger partial charge on any atom is 0.281 e. The van der Waals surface area contributed by atoms with Gasteiger partial charge in [0.05, 0.1) is 0 Å². The number of carbonyl (C=O) groups excluding carboxylic acids is 1. The van der Waals surface area contributed by atoms with Crippen LogP contribution in [0.1, 0.15) is 0 Å². The summed E-state index contributed by atoms with van der Waals surface area (Å²) in [5.41, 5.74) is 0. The Balaban J connectivity index is 0. The number of benzene rings is 1. The Morgan fingerprint density at radius 1 is 0.889 bits per heavy atom. The van der Waals surface area contributed by atoms with E-state index in [0.717, 1.165) is 0 Å². The molecule has 0 aliphatic heterocycles. The molecule has 0 saturated carbocycles. The van der Waals surface area contributed by atoms with E-state index in [4.69, 9.17) is 19.0 Å². The molecule has 0 aromatic heterocycles. The van der Waals surface area contributed by atoms with Crippen LogP contribution in [0.2, 0.25) is 0 Å². The van der Waals surface area contributed by atoms with E-state index >= 15 is 0 Å². The van der Waals surface area contributed by atoms with Crippen molar-refractivity contribution in [2.75, 3.05) is 5.08 Å². The van der Waals surface area contributed by atoms with E-state index < -0.39 is 25.3 Å². The predicted molar refractivity (Wildman–Crippen MR) is 63.2 cm³/mol. The number of phenolic OH excluding ortho intramolecular Hbond substituents is 1. The third-order valence-electron chi connectivity index (χ3n) is 1.05. The molecule has 0 amide bonds. The van der Waals surface area contributed by atoms with Crippen LogP contribution in [0.4, 0.5) is 0 Å². The summed E-state index contributed by atoms with van der Waals surface area (Å²) < 4.78 is 54.2. The second-order valence-electron chi connectivity index (χ2n) is 2.62. The zero-order valence-corrected chi connectivity index (χ0v) is 10.6. The Morgan fingerprint density at radius 2 is 1.22 bits per heavy atom. The van der Waals surface area contributed by atoms with Crippen molar-refractivity contribution in [1.29, 1.82) is 0 Å². The number of hydrogen-bond donors (Lipinski definition) is 3. The number of rotatable bonds is 2.